The Kier molecular flexibility index (Phi) is 4.90. The third kappa shape index (κ3) is 4.07. The highest BCUT2D eigenvalue weighted by Gasteiger charge is 2.19. The van der Waals surface area contributed by atoms with Gasteiger partial charge < -0.3 is 15.7 Å². The molecule has 14 heavy (non-hydrogen) atoms. The molecule has 1 aliphatic heterocycles. The molecule has 4 nitrogen and oxygen atoms in total. The molecule has 1 saturated heterocycles. The van der Waals surface area contributed by atoms with Gasteiger partial charge in [-0.25, -0.2) is 0 Å². The molecule has 2 atom stereocenters. The maximum Gasteiger partial charge on any atom is 0.220 e. The average molecular weight is 200 g/mol. The van der Waals surface area contributed by atoms with Crippen molar-refractivity contribution in [2.75, 3.05) is 13.1 Å². The van der Waals surface area contributed by atoms with Crippen LogP contribution in [0.25, 0.3) is 0 Å². The summed E-state index contributed by atoms with van der Waals surface area (Å²) < 4.78 is 0. The summed E-state index contributed by atoms with van der Waals surface area (Å²) in [5.74, 6) is 0.144. The van der Waals surface area contributed by atoms with E-state index < -0.39 is 0 Å². The summed E-state index contributed by atoms with van der Waals surface area (Å²) in [7, 11) is 0. The second-order valence-electron chi connectivity index (χ2n) is 3.90. The van der Waals surface area contributed by atoms with Crippen LogP contribution < -0.4 is 10.6 Å². The molecule has 1 aliphatic rings. The maximum absolute atomic E-state index is 10.9. The lowest BCUT2D eigenvalue weighted by Gasteiger charge is -2.14. The molecule has 0 aromatic carbocycles. The van der Waals surface area contributed by atoms with Gasteiger partial charge in [-0.05, 0) is 12.8 Å². The second-order valence-corrected chi connectivity index (χ2v) is 3.90. The first kappa shape index (κ1) is 11.5. The topological polar surface area (TPSA) is 61.4 Å². The van der Waals surface area contributed by atoms with Gasteiger partial charge in [0.15, 0.2) is 0 Å². The molecule has 1 rings (SSSR count). The number of nitrogens with one attached hydrogen (secondary N) is 2. The molecule has 82 valence electrons. The normalized spacial score (nSPS) is 23.6. The monoisotopic (exact) mass is 200 g/mol. The number of hydrogen-bond donors (Lipinski definition) is 3. The van der Waals surface area contributed by atoms with Crippen molar-refractivity contribution in [1.29, 1.82) is 0 Å². The van der Waals surface area contributed by atoms with Crippen LogP contribution in [0.4, 0.5) is 0 Å². The molecule has 4 heteroatoms. The summed E-state index contributed by atoms with van der Waals surface area (Å²) in [6.45, 7) is 3.45. The van der Waals surface area contributed by atoms with E-state index in [9.17, 15) is 9.90 Å². The molecule has 0 aliphatic carbocycles. The number of aliphatic hydroxyl groups is 1. The first-order chi connectivity index (χ1) is 6.72. The number of aliphatic hydroxyl groups excluding tert-OH is 1. The van der Waals surface area contributed by atoms with Crippen molar-refractivity contribution in [3.05, 3.63) is 0 Å². The number of hydrogen-bond acceptors (Lipinski definition) is 3. The fourth-order valence-electron chi connectivity index (χ4n) is 1.69. The highest BCUT2D eigenvalue weighted by molar-refractivity contribution is 5.78. The largest absolute Gasteiger partial charge is 0.392 e. The summed E-state index contributed by atoms with van der Waals surface area (Å²) in [5.41, 5.74) is 0. The Morgan fingerprint density at radius 1 is 1.71 bits per heavy atom. The molecule has 3 N–H and O–H groups in total. The molecule has 1 amide bonds. The zero-order valence-electron chi connectivity index (χ0n) is 8.75. The summed E-state index contributed by atoms with van der Waals surface area (Å²) in [5, 5.41) is 15.5. The molecule has 0 aromatic rings. The molecule has 1 fully saturated rings. The molecule has 0 aromatic heterocycles. The van der Waals surface area contributed by atoms with E-state index in [0.29, 0.717) is 13.0 Å². The molecular weight excluding hydrogens is 180 g/mol. The van der Waals surface area contributed by atoms with Gasteiger partial charge >= 0.3 is 0 Å². The van der Waals surface area contributed by atoms with E-state index in [1.54, 1.807) is 0 Å². The fourth-order valence-corrected chi connectivity index (χ4v) is 1.69. The van der Waals surface area contributed by atoms with Crippen molar-refractivity contribution in [1.82, 2.24) is 10.6 Å². The van der Waals surface area contributed by atoms with Gasteiger partial charge in [0.05, 0.1) is 6.10 Å². The van der Waals surface area contributed by atoms with Crippen LogP contribution in [0.1, 0.15) is 32.6 Å². The first-order valence-corrected chi connectivity index (χ1v) is 5.40. The van der Waals surface area contributed by atoms with E-state index in [-0.39, 0.29) is 18.1 Å². The van der Waals surface area contributed by atoms with Crippen LogP contribution in [0.3, 0.4) is 0 Å². The third-order valence-corrected chi connectivity index (χ3v) is 2.48. The fraction of sp³-hybridized carbons (Fsp3) is 0.900. The Balaban J connectivity index is 2.01. The van der Waals surface area contributed by atoms with Crippen molar-refractivity contribution in [3.8, 4) is 0 Å². The standard InChI is InChI=1S/C10H20N2O2/c1-2-3-9(13)7-11-6-8-4-5-10(14)12-8/h8-9,11,13H,2-7H2,1H3,(H,12,14). The van der Waals surface area contributed by atoms with Crippen molar-refractivity contribution >= 4 is 5.91 Å². The highest BCUT2D eigenvalue weighted by Crippen LogP contribution is 2.05. The van der Waals surface area contributed by atoms with Crippen molar-refractivity contribution < 1.29 is 9.90 Å². The molecule has 0 radical (unpaired) electrons. The van der Waals surface area contributed by atoms with Gasteiger partial charge in [-0.2, -0.15) is 0 Å². The Morgan fingerprint density at radius 2 is 2.50 bits per heavy atom. The van der Waals surface area contributed by atoms with Gasteiger partial charge in [-0.15, -0.1) is 0 Å². The number of rotatable bonds is 6. The Morgan fingerprint density at radius 3 is 3.07 bits per heavy atom. The SMILES string of the molecule is CCCC(O)CNCC1CCC(=O)N1. The van der Waals surface area contributed by atoms with Crippen molar-refractivity contribution in [2.45, 2.75) is 44.8 Å². The predicted octanol–water partition coefficient (Wildman–Crippen LogP) is 0.0156. The lowest BCUT2D eigenvalue weighted by molar-refractivity contribution is -0.119. The van der Waals surface area contributed by atoms with Gasteiger partial charge in [0.2, 0.25) is 5.91 Å². The number of carbonyl (C=O) groups is 1. The van der Waals surface area contributed by atoms with Gasteiger partial charge in [0.25, 0.3) is 0 Å². The molecule has 1 heterocycles. The van der Waals surface area contributed by atoms with Crippen LogP contribution in [-0.2, 0) is 4.79 Å². The summed E-state index contributed by atoms with van der Waals surface area (Å²) >= 11 is 0. The number of carbonyl (C=O) groups excluding carboxylic acids is 1. The van der Waals surface area contributed by atoms with Gasteiger partial charge in [-0.3, -0.25) is 4.79 Å². The Bertz CT molecular complexity index is 185. The minimum Gasteiger partial charge on any atom is -0.392 e. The predicted molar refractivity (Wildman–Crippen MR) is 54.9 cm³/mol. The average Bonchev–Trinajstić information content (AvgIpc) is 2.52. The molecule has 0 bridgehead atoms. The van der Waals surface area contributed by atoms with Crippen LogP contribution in [-0.4, -0.2) is 36.2 Å². The van der Waals surface area contributed by atoms with Crippen molar-refractivity contribution in [2.24, 2.45) is 0 Å². The van der Waals surface area contributed by atoms with Crippen LogP contribution in [0, 0.1) is 0 Å². The highest BCUT2D eigenvalue weighted by atomic mass is 16.3. The minimum atomic E-state index is -0.253. The summed E-state index contributed by atoms with van der Waals surface area (Å²) in [6.07, 6.45) is 3.14. The zero-order valence-corrected chi connectivity index (χ0v) is 8.75. The molecule has 0 spiro atoms. The second kappa shape index (κ2) is 5.98. The summed E-state index contributed by atoms with van der Waals surface area (Å²) in [4.78, 5) is 10.9. The molecule has 0 saturated carbocycles. The zero-order chi connectivity index (χ0) is 10.4. The minimum absolute atomic E-state index is 0.144. The Hall–Kier alpha value is -0.610. The van der Waals surface area contributed by atoms with Crippen LogP contribution >= 0.6 is 0 Å². The summed E-state index contributed by atoms with van der Waals surface area (Å²) in [6, 6.07) is 0.260. The van der Waals surface area contributed by atoms with E-state index in [4.69, 9.17) is 0 Å². The lowest BCUT2D eigenvalue weighted by atomic mass is 10.2. The van der Waals surface area contributed by atoms with E-state index in [0.717, 1.165) is 25.8 Å². The quantitative estimate of drug-likeness (QED) is 0.566. The van der Waals surface area contributed by atoms with E-state index in [1.165, 1.54) is 0 Å². The van der Waals surface area contributed by atoms with E-state index in [2.05, 4.69) is 17.6 Å². The first-order valence-electron chi connectivity index (χ1n) is 5.40. The Labute approximate surface area is 85.1 Å². The molecule has 2 unspecified atom stereocenters. The number of amides is 1. The van der Waals surface area contributed by atoms with Gasteiger partial charge in [0, 0.05) is 25.6 Å². The van der Waals surface area contributed by atoms with Crippen LogP contribution in [0.2, 0.25) is 0 Å². The van der Waals surface area contributed by atoms with Crippen LogP contribution in [0.5, 0.6) is 0 Å². The maximum atomic E-state index is 10.9. The molecular formula is C10H20N2O2. The van der Waals surface area contributed by atoms with E-state index >= 15 is 0 Å². The van der Waals surface area contributed by atoms with Crippen molar-refractivity contribution in [3.63, 3.8) is 0 Å². The third-order valence-electron chi connectivity index (χ3n) is 2.48. The van der Waals surface area contributed by atoms with Gasteiger partial charge in [-0.1, -0.05) is 13.3 Å². The lowest BCUT2D eigenvalue weighted by Crippen LogP contribution is -2.38. The smallest absolute Gasteiger partial charge is 0.220 e. The van der Waals surface area contributed by atoms with E-state index in [1.807, 2.05) is 0 Å². The van der Waals surface area contributed by atoms with Gasteiger partial charge in [0.1, 0.15) is 0 Å². The van der Waals surface area contributed by atoms with Crippen LogP contribution in [0.15, 0.2) is 0 Å².